The van der Waals surface area contributed by atoms with Crippen molar-refractivity contribution in [2.75, 3.05) is 12.4 Å². The van der Waals surface area contributed by atoms with Crippen molar-refractivity contribution in [3.8, 4) is 0 Å². The zero-order valence-corrected chi connectivity index (χ0v) is 8.32. The van der Waals surface area contributed by atoms with Gasteiger partial charge in [0.25, 0.3) is 0 Å². The molecular formula is C8H15NO2S. The van der Waals surface area contributed by atoms with Crippen LogP contribution in [0, 0.1) is 0 Å². The third-order valence-corrected chi connectivity index (χ3v) is 3.19. The summed E-state index contributed by atoms with van der Waals surface area (Å²) in [5.41, 5.74) is 0. The van der Waals surface area contributed by atoms with Gasteiger partial charge in [0.2, 0.25) is 0 Å². The van der Waals surface area contributed by atoms with Crippen LogP contribution in [0.15, 0.2) is 0 Å². The molecule has 0 saturated carbocycles. The molecule has 1 aliphatic rings. The first-order valence-electron chi connectivity index (χ1n) is 4.32. The highest BCUT2D eigenvalue weighted by molar-refractivity contribution is 8.00. The molecule has 0 aliphatic carbocycles. The Kier molecular flexibility index (Phi) is 3.88. The van der Waals surface area contributed by atoms with E-state index in [4.69, 9.17) is 4.74 Å². The van der Waals surface area contributed by atoms with Gasteiger partial charge in [-0.25, -0.2) is 0 Å². The van der Waals surface area contributed by atoms with Gasteiger partial charge >= 0.3 is 5.97 Å². The van der Waals surface area contributed by atoms with Crippen LogP contribution in [0.1, 0.15) is 20.3 Å². The SMILES string of the molecule is CCOC(=O)[C@@H]1CS[C@@H](CC)N1. The lowest BCUT2D eigenvalue weighted by Gasteiger charge is -2.10. The van der Waals surface area contributed by atoms with Crippen molar-refractivity contribution in [1.82, 2.24) is 5.32 Å². The van der Waals surface area contributed by atoms with Crippen LogP contribution in [0.4, 0.5) is 0 Å². The summed E-state index contributed by atoms with van der Waals surface area (Å²) in [6.07, 6.45) is 1.06. The Morgan fingerprint density at radius 3 is 2.92 bits per heavy atom. The fraction of sp³-hybridized carbons (Fsp3) is 0.875. The summed E-state index contributed by atoms with van der Waals surface area (Å²) >= 11 is 1.79. The van der Waals surface area contributed by atoms with Gasteiger partial charge in [0.05, 0.1) is 12.0 Å². The Morgan fingerprint density at radius 2 is 2.42 bits per heavy atom. The van der Waals surface area contributed by atoms with Crippen molar-refractivity contribution < 1.29 is 9.53 Å². The molecule has 0 amide bonds. The summed E-state index contributed by atoms with van der Waals surface area (Å²) in [6, 6.07) is -0.0834. The van der Waals surface area contributed by atoms with Gasteiger partial charge in [0, 0.05) is 5.75 Å². The topological polar surface area (TPSA) is 38.3 Å². The molecule has 12 heavy (non-hydrogen) atoms. The molecule has 1 heterocycles. The fourth-order valence-corrected chi connectivity index (χ4v) is 2.30. The minimum Gasteiger partial charge on any atom is -0.465 e. The number of ether oxygens (including phenoxy) is 1. The maximum absolute atomic E-state index is 11.2. The Hall–Kier alpha value is -0.220. The minimum absolute atomic E-state index is 0.0834. The van der Waals surface area contributed by atoms with E-state index in [1.165, 1.54) is 0 Å². The second kappa shape index (κ2) is 4.72. The molecule has 4 heteroatoms. The lowest BCUT2D eigenvalue weighted by molar-refractivity contribution is -0.144. The van der Waals surface area contributed by atoms with Gasteiger partial charge in [-0.2, -0.15) is 0 Å². The van der Waals surface area contributed by atoms with Crippen molar-refractivity contribution in [2.45, 2.75) is 31.7 Å². The van der Waals surface area contributed by atoms with E-state index < -0.39 is 0 Å². The van der Waals surface area contributed by atoms with Crippen LogP contribution in [0.3, 0.4) is 0 Å². The summed E-state index contributed by atoms with van der Waals surface area (Å²) in [7, 11) is 0. The average Bonchev–Trinajstić information content (AvgIpc) is 2.52. The van der Waals surface area contributed by atoms with Crippen molar-refractivity contribution in [1.29, 1.82) is 0 Å². The largest absolute Gasteiger partial charge is 0.465 e. The van der Waals surface area contributed by atoms with E-state index in [0.717, 1.165) is 12.2 Å². The van der Waals surface area contributed by atoms with Crippen molar-refractivity contribution >= 4 is 17.7 Å². The molecular weight excluding hydrogens is 174 g/mol. The highest BCUT2D eigenvalue weighted by Crippen LogP contribution is 2.21. The van der Waals surface area contributed by atoms with Crippen LogP contribution in [0.5, 0.6) is 0 Å². The van der Waals surface area contributed by atoms with Crippen molar-refractivity contribution in [2.24, 2.45) is 0 Å². The van der Waals surface area contributed by atoms with Crippen LogP contribution >= 0.6 is 11.8 Å². The molecule has 0 bridgehead atoms. The summed E-state index contributed by atoms with van der Waals surface area (Å²) in [4.78, 5) is 11.2. The van der Waals surface area contributed by atoms with E-state index in [0.29, 0.717) is 12.0 Å². The van der Waals surface area contributed by atoms with Crippen LogP contribution in [-0.4, -0.2) is 29.7 Å². The Bertz CT molecular complexity index is 163. The molecule has 1 aliphatic heterocycles. The highest BCUT2D eigenvalue weighted by atomic mass is 32.2. The number of nitrogens with one attached hydrogen (secondary N) is 1. The van der Waals surface area contributed by atoms with Gasteiger partial charge in [0.15, 0.2) is 0 Å². The third-order valence-electron chi connectivity index (χ3n) is 1.79. The molecule has 1 saturated heterocycles. The minimum atomic E-state index is -0.110. The zero-order valence-electron chi connectivity index (χ0n) is 7.50. The van der Waals surface area contributed by atoms with E-state index in [9.17, 15) is 4.79 Å². The van der Waals surface area contributed by atoms with E-state index >= 15 is 0 Å². The fourth-order valence-electron chi connectivity index (χ4n) is 1.15. The zero-order chi connectivity index (χ0) is 8.97. The number of hydrogen-bond acceptors (Lipinski definition) is 4. The maximum Gasteiger partial charge on any atom is 0.324 e. The molecule has 0 aromatic heterocycles. The van der Waals surface area contributed by atoms with Crippen molar-refractivity contribution in [3.63, 3.8) is 0 Å². The highest BCUT2D eigenvalue weighted by Gasteiger charge is 2.29. The van der Waals surface area contributed by atoms with Crippen molar-refractivity contribution in [3.05, 3.63) is 0 Å². The molecule has 3 nitrogen and oxygen atoms in total. The van der Waals surface area contributed by atoms with Gasteiger partial charge in [-0.05, 0) is 13.3 Å². The maximum atomic E-state index is 11.2. The van der Waals surface area contributed by atoms with Gasteiger partial charge < -0.3 is 4.74 Å². The number of carbonyl (C=O) groups is 1. The Labute approximate surface area is 77.2 Å². The molecule has 0 radical (unpaired) electrons. The molecule has 1 fully saturated rings. The Balaban J connectivity index is 2.31. The van der Waals surface area contributed by atoms with Crippen LogP contribution in [0.2, 0.25) is 0 Å². The number of thioether (sulfide) groups is 1. The lowest BCUT2D eigenvalue weighted by atomic mass is 10.3. The Morgan fingerprint density at radius 1 is 1.67 bits per heavy atom. The number of esters is 1. The van der Waals surface area contributed by atoms with E-state index in [1.807, 2.05) is 6.92 Å². The second-order valence-electron chi connectivity index (χ2n) is 2.70. The lowest BCUT2D eigenvalue weighted by Crippen LogP contribution is -2.37. The van der Waals surface area contributed by atoms with Crippen LogP contribution < -0.4 is 5.32 Å². The number of carbonyl (C=O) groups excluding carboxylic acids is 1. The monoisotopic (exact) mass is 189 g/mol. The van der Waals surface area contributed by atoms with Gasteiger partial charge in [-0.3, -0.25) is 10.1 Å². The normalized spacial score (nSPS) is 28.8. The van der Waals surface area contributed by atoms with Crippen LogP contribution in [-0.2, 0) is 9.53 Å². The summed E-state index contributed by atoms with van der Waals surface area (Å²) in [6.45, 7) is 4.41. The van der Waals surface area contributed by atoms with Gasteiger partial charge in [-0.1, -0.05) is 6.92 Å². The molecule has 70 valence electrons. The van der Waals surface area contributed by atoms with Gasteiger partial charge in [0.1, 0.15) is 6.04 Å². The number of rotatable bonds is 3. The van der Waals surface area contributed by atoms with E-state index in [-0.39, 0.29) is 12.0 Å². The average molecular weight is 189 g/mol. The first kappa shape index (κ1) is 9.86. The predicted octanol–water partition coefficient (Wildman–Crippen LogP) is 0.991. The van der Waals surface area contributed by atoms with E-state index in [1.54, 1.807) is 11.8 Å². The standard InChI is InChI=1S/C8H15NO2S/c1-3-7-9-6(5-12-7)8(10)11-4-2/h6-7,9H,3-5H2,1-2H3/t6-,7-/m0/s1. The molecule has 2 atom stereocenters. The second-order valence-corrected chi connectivity index (χ2v) is 3.94. The molecule has 0 aromatic carbocycles. The summed E-state index contributed by atoms with van der Waals surface area (Å²) in [5.74, 6) is 0.734. The van der Waals surface area contributed by atoms with E-state index in [2.05, 4.69) is 12.2 Å². The summed E-state index contributed by atoms with van der Waals surface area (Å²) < 4.78 is 4.90. The third kappa shape index (κ3) is 2.38. The predicted molar refractivity (Wildman–Crippen MR) is 50.1 cm³/mol. The molecule has 1 rings (SSSR count). The van der Waals surface area contributed by atoms with Gasteiger partial charge in [-0.15, -0.1) is 11.8 Å². The first-order chi connectivity index (χ1) is 5.77. The number of hydrogen-bond donors (Lipinski definition) is 1. The molecule has 0 spiro atoms. The molecule has 0 aromatic rings. The molecule has 0 unspecified atom stereocenters. The molecule has 1 N–H and O–H groups in total. The van der Waals surface area contributed by atoms with Crippen LogP contribution in [0.25, 0.3) is 0 Å². The summed E-state index contributed by atoms with van der Waals surface area (Å²) in [5, 5.41) is 3.64. The smallest absolute Gasteiger partial charge is 0.324 e. The first-order valence-corrected chi connectivity index (χ1v) is 5.37. The quantitative estimate of drug-likeness (QED) is 0.672.